The highest BCUT2D eigenvalue weighted by Gasteiger charge is 2.28. The summed E-state index contributed by atoms with van der Waals surface area (Å²) in [7, 11) is -4.74. The van der Waals surface area contributed by atoms with Crippen molar-refractivity contribution >= 4 is 25.7 Å². The SMILES string of the molecule is CC/C=C/C/C=C/C/C=C/C/C=C/CCCCC(=O)OC[C@H](COP(=O)(O)OC[C@H](N)C(=O)O)OC(=O)CCCCC/C=C/C/C=C/C/C=C/C/C=C/CCC. The lowest BCUT2D eigenvalue weighted by atomic mass is 10.1. The second-order valence-electron chi connectivity index (χ2n) is 13.0. The van der Waals surface area contributed by atoms with Gasteiger partial charge in [-0.05, 0) is 89.9 Å². The highest BCUT2D eigenvalue weighted by atomic mass is 31.2. The summed E-state index contributed by atoms with van der Waals surface area (Å²) in [5.74, 6) is -2.49. The number of phosphoric acid groups is 1. The van der Waals surface area contributed by atoms with Crippen molar-refractivity contribution < 1.29 is 47.5 Å². The van der Waals surface area contributed by atoms with Crippen LogP contribution in [0.4, 0.5) is 0 Å². The molecule has 0 saturated carbocycles. The van der Waals surface area contributed by atoms with Gasteiger partial charge in [-0.3, -0.25) is 23.4 Å². The first-order chi connectivity index (χ1) is 27.1. The number of carbonyl (C=O) groups is 3. The molecule has 0 aromatic heterocycles. The van der Waals surface area contributed by atoms with E-state index in [-0.39, 0.29) is 19.4 Å². The Morgan fingerprint density at radius 3 is 1.50 bits per heavy atom. The van der Waals surface area contributed by atoms with Crippen molar-refractivity contribution in [3.8, 4) is 0 Å². The van der Waals surface area contributed by atoms with Gasteiger partial charge in [0.15, 0.2) is 6.10 Å². The summed E-state index contributed by atoms with van der Waals surface area (Å²) < 4.78 is 32.6. The van der Waals surface area contributed by atoms with Crippen molar-refractivity contribution in [3.63, 3.8) is 0 Å². The Balaban J connectivity index is 4.57. The number of nitrogens with two attached hydrogens (primary N) is 1. The lowest BCUT2D eigenvalue weighted by molar-refractivity contribution is -0.161. The van der Waals surface area contributed by atoms with E-state index in [4.69, 9.17) is 24.8 Å². The number of rotatable bonds is 36. The molecule has 0 aromatic carbocycles. The van der Waals surface area contributed by atoms with E-state index in [1.165, 1.54) is 6.42 Å². The number of aliphatic carboxylic acids is 1. The van der Waals surface area contributed by atoms with Crippen molar-refractivity contribution in [2.75, 3.05) is 19.8 Å². The molecule has 0 aliphatic carbocycles. The molecule has 12 heteroatoms. The van der Waals surface area contributed by atoms with E-state index in [1.807, 2.05) is 0 Å². The van der Waals surface area contributed by atoms with E-state index in [1.54, 1.807) is 0 Å². The summed E-state index contributed by atoms with van der Waals surface area (Å²) in [4.78, 5) is 45.9. The van der Waals surface area contributed by atoms with Gasteiger partial charge in [0.25, 0.3) is 0 Å². The van der Waals surface area contributed by atoms with E-state index < -0.39 is 51.1 Å². The second kappa shape index (κ2) is 38.3. The average Bonchev–Trinajstić information content (AvgIpc) is 3.17. The smallest absolute Gasteiger partial charge is 0.472 e. The minimum Gasteiger partial charge on any atom is -0.480 e. The summed E-state index contributed by atoms with van der Waals surface area (Å²) in [6, 6.07) is -1.54. The number of carboxylic acids is 1. The fraction of sp³-hybridized carbons (Fsp3) is 0.568. The molecule has 0 saturated heterocycles. The maximum Gasteiger partial charge on any atom is 0.472 e. The summed E-state index contributed by atoms with van der Waals surface area (Å²) in [6.07, 6.45) is 47.6. The van der Waals surface area contributed by atoms with Gasteiger partial charge in [-0.2, -0.15) is 0 Å². The quantitative estimate of drug-likeness (QED) is 0.0238. The molecular weight excluding hydrogens is 733 g/mol. The van der Waals surface area contributed by atoms with Crippen LogP contribution in [0, 0.1) is 0 Å². The summed E-state index contributed by atoms with van der Waals surface area (Å²) in [5.41, 5.74) is 5.32. The maximum atomic E-state index is 12.6. The number of hydrogen-bond acceptors (Lipinski definition) is 9. The number of allylic oxidation sites excluding steroid dienone is 16. The topological polar surface area (TPSA) is 172 Å². The van der Waals surface area contributed by atoms with Crippen molar-refractivity contribution in [2.24, 2.45) is 5.73 Å². The lowest BCUT2D eigenvalue weighted by Gasteiger charge is -2.20. The molecule has 4 N–H and O–H groups in total. The normalized spacial score (nSPS) is 14.8. The van der Waals surface area contributed by atoms with Crippen LogP contribution in [-0.4, -0.2) is 59.9 Å². The predicted octanol–water partition coefficient (Wildman–Crippen LogP) is 10.5. The number of ether oxygens (including phenoxy) is 2. The van der Waals surface area contributed by atoms with Gasteiger partial charge in [0, 0.05) is 12.8 Å². The fourth-order valence-electron chi connectivity index (χ4n) is 4.63. The summed E-state index contributed by atoms with van der Waals surface area (Å²) in [6.45, 7) is 2.51. The van der Waals surface area contributed by atoms with Gasteiger partial charge in [0.2, 0.25) is 0 Å². The zero-order valence-corrected chi connectivity index (χ0v) is 34.8. The molecule has 0 aliphatic rings. The van der Waals surface area contributed by atoms with E-state index in [2.05, 4.69) is 116 Å². The molecule has 0 aliphatic heterocycles. The van der Waals surface area contributed by atoms with Crippen LogP contribution in [0.1, 0.15) is 129 Å². The Hall–Kier alpha value is -3.60. The lowest BCUT2D eigenvalue weighted by Crippen LogP contribution is -2.34. The third-order valence-electron chi connectivity index (χ3n) is 7.80. The van der Waals surface area contributed by atoms with Gasteiger partial charge < -0.3 is 25.2 Å². The monoisotopic (exact) mass is 803 g/mol. The Labute approximate surface area is 336 Å². The van der Waals surface area contributed by atoms with Crippen LogP contribution in [0.3, 0.4) is 0 Å². The molecule has 0 amide bonds. The third-order valence-corrected chi connectivity index (χ3v) is 8.75. The molecular formula is C44H70NO10P. The third kappa shape index (κ3) is 37.3. The van der Waals surface area contributed by atoms with Crippen LogP contribution in [-0.2, 0) is 37.5 Å². The first kappa shape index (κ1) is 52.4. The number of carbonyl (C=O) groups excluding carboxylic acids is 2. The molecule has 0 heterocycles. The van der Waals surface area contributed by atoms with E-state index in [9.17, 15) is 23.8 Å². The fourth-order valence-corrected chi connectivity index (χ4v) is 5.41. The van der Waals surface area contributed by atoms with E-state index >= 15 is 0 Å². The van der Waals surface area contributed by atoms with Gasteiger partial charge in [-0.15, -0.1) is 0 Å². The van der Waals surface area contributed by atoms with Crippen LogP contribution in [0.2, 0.25) is 0 Å². The van der Waals surface area contributed by atoms with E-state index in [0.717, 1.165) is 83.5 Å². The Kier molecular flexibility index (Phi) is 35.8. The molecule has 1 unspecified atom stereocenters. The van der Waals surface area contributed by atoms with Crippen molar-refractivity contribution in [3.05, 3.63) is 97.2 Å². The standard InChI is InChI=1S/C44H70NO10P/c1-3-5-7-9-11-13-15-17-19-20-22-24-26-28-30-32-34-36-43(47)55-40(38-53-56(50,51)54-39-41(45)44(48)49)37-52-42(46)35-33-31-29-27-25-23-21-18-16-14-12-10-8-6-4-2/h6-9,12-15,18-21,24-27,40-41H,3-5,10-11,16-17,22-23,28-39,45H2,1-2H3,(H,48,49)(H,50,51)/b8-6+,9-7+,14-12+,15-13+,20-19+,21-18+,26-24+,27-25+/t40-,41+/m1/s1. The van der Waals surface area contributed by atoms with Crippen LogP contribution in [0.25, 0.3) is 0 Å². The number of carboxylic acid groups (broad SMARTS) is 1. The summed E-state index contributed by atoms with van der Waals surface area (Å²) in [5, 5.41) is 8.88. The van der Waals surface area contributed by atoms with Gasteiger partial charge >= 0.3 is 25.7 Å². The van der Waals surface area contributed by atoms with E-state index in [0.29, 0.717) is 12.8 Å². The average molecular weight is 804 g/mol. The van der Waals surface area contributed by atoms with Crippen molar-refractivity contribution in [2.45, 2.75) is 142 Å². The molecule has 0 radical (unpaired) electrons. The van der Waals surface area contributed by atoms with Gasteiger partial charge in [-0.1, -0.05) is 124 Å². The van der Waals surface area contributed by atoms with Crippen LogP contribution in [0.5, 0.6) is 0 Å². The molecule has 0 aromatic rings. The number of hydrogen-bond donors (Lipinski definition) is 3. The molecule has 11 nitrogen and oxygen atoms in total. The molecule has 316 valence electrons. The highest BCUT2D eigenvalue weighted by molar-refractivity contribution is 7.47. The zero-order chi connectivity index (χ0) is 41.4. The minimum absolute atomic E-state index is 0.108. The van der Waals surface area contributed by atoms with Crippen LogP contribution in [0.15, 0.2) is 97.2 Å². The largest absolute Gasteiger partial charge is 0.480 e. The van der Waals surface area contributed by atoms with Gasteiger partial charge in [0.1, 0.15) is 12.6 Å². The summed E-state index contributed by atoms with van der Waals surface area (Å²) >= 11 is 0. The van der Waals surface area contributed by atoms with Crippen LogP contribution < -0.4 is 5.73 Å². The van der Waals surface area contributed by atoms with Crippen LogP contribution >= 0.6 is 7.82 Å². The second-order valence-corrected chi connectivity index (χ2v) is 14.5. The van der Waals surface area contributed by atoms with Gasteiger partial charge in [-0.25, -0.2) is 4.57 Å². The number of esters is 2. The molecule has 3 atom stereocenters. The minimum atomic E-state index is -4.74. The predicted molar refractivity (Wildman–Crippen MR) is 226 cm³/mol. The molecule has 56 heavy (non-hydrogen) atoms. The Morgan fingerprint density at radius 1 is 0.571 bits per heavy atom. The first-order valence-electron chi connectivity index (χ1n) is 20.3. The molecule has 0 bridgehead atoms. The van der Waals surface area contributed by atoms with Gasteiger partial charge in [0.05, 0.1) is 13.2 Å². The molecule has 0 rings (SSSR count). The molecule has 0 spiro atoms. The Bertz CT molecular complexity index is 1310. The Morgan fingerprint density at radius 2 is 1.00 bits per heavy atom. The highest BCUT2D eigenvalue weighted by Crippen LogP contribution is 2.43. The number of unbranched alkanes of at least 4 members (excludes halogenated alkanes) is 6. The number of phosphoric ester groups is 1. The maximum absolute atomic E-state index is 12.6. The first-order valence-corrected chi connectivity index (χ1v) is 21.8. The van der Waals surface area contributed by atoms with Crippen molar-refractivity contribution in [1.29, 1.82) is 0 Å². The van der Waals surface area contributed by atoms with Crippen molar-refractivity contribution in [1.82, 2.24) is 0 Å². The zero-order valence-electron chi connectivity index (χ0n) is 33.9. The molecule has 0 fully saturated rings.